The first-order valence-corrected chi connectivity index (χ1v) is 20.5. The van der Waals surface area contributed by atoms with E-state index in [2.05, 4.69) is 206 Å². The topological polar surface area (TPSA) is 35.5 Å². The summed E-state index contributed by atoms with van der Waals surface area (Å²) in [5, 5.41) is 4.67. The molecule has 0 spiro atoms. The van der Waals surface area contributed by atoms with Crippen molar-refractivity contribution in [3.63, 3.8) is 0 Å². The van der Waals surface area contributed by atoms with Crippen LogP contribution in [0, 0.1) is 0 Å². The summed E-state index contributed by atoms with van der Waals surface area (Å²) >= 11 is 0. The quantitative estimate of drug-likeness (QED) is 0.0923. The maximum absolute atomic E-state index is 14.4. The molecular weight excluding hydrogens is 704 g/mol. The molecule has 0 aliphatic rings. The Morgan fingerprint density at radius 1 is 0.339 bits per heavy atom. The SMILES string of the molecule is O=[P+](OCC(Cc1ccccc1)(Cc1ccccc1)c1cccc2ccccc12)OCC(Cc1ccccc1)(Cc1ccccc1)c1cccc2ccccc12. The zero-order chi connectivity index (χ0) is 38.0. The van der Waals surface area contributed by atoms with Crippen molar-refractivity contribution >= 4 is 29.8 Å². The first-order chi connectivity index (χ1) is 27.6. The third-order valence-corrected chi connectivity index (χ3v) is 11.8. The van der Waals surface area contributed by atoms with Gasteiger partial charge in [-0.05, 0) is 80.6 Å². The lowest BCUT2D eigenvalue weighted by Crippen LogP contribution is -2.38. The number of fused-ring (bicyclic) bond motifs is 2. The molecule has 0 aliphatic carbocycles. The summed E-state index contributed by atoms with van der Waals surface area (Å²) in [5.41, 5.74) is 5.99. The Hall–Kier alpha value is -5.70. The summed E-state index contributed by atoms with van der Waals surface area (Å²) in [6.45, 7) is 0.414. The Balaban J connectivity index is 1.17. The van der Waals surface area contributed by atoms with Gasteiger partial charge in [0, 0.05) is 15.4 Å². The van der Waals surface area contributed by atoms with Crippen molar-refractivity contribution in [2.24, 2.45) is 0 Å². The van der Waals surface area contributed by atoms with E-state index in [9.17, 15) is 4.57 Å². The van der Waals surface area contributed by atoms with Gasteiger partial charge >= 0.3 is 8.25 Å². The summed E-state index contributed by atoms with van der Waals surface area (Å²) < 4.78 is 27.6. The average molecular weight is 750 g/mol. The van der Waals surface area contributed by atoms with E-state index in [-0.39, 0.29) is 13.2 Å². The molecule has 0 heterocycles. The molecular formula is C52H46O3P+. The fourth-order valence-corrected chi connectivity index (χ4v) is 9.36. The largest absolute Gasteiger partial charge is 0.697 e. The molecule has 3 nitrogen and oxygen atoms in total. The van der Waals surface area contributed by atoms with Gasteiger partial charge in [0.2, 0.25) is 0 Å². The number of hydrogen-bond donors (Lipinski definition) is 0. The van der Waals surface area contributed by atoms with Gasteiger partial charge in [0.1, 0.15) is 13.2 Å². The minimum atomic E-state index is -2.52. The zero-order valence-electron chi connectivity index (χ0n) is 31.5. The van der Waals surface area contributed by atoms with Crippen LogP contribution in [-0.4, -0.2) is 13.2 Å². The molecule has 0 amide bonds. The highest BCUT2D eigenvalue weighted by atomic mass is 31.1. The number of hydrogen-bond acceptors (Lipinski definition) is 3. The lowest BCUT2D eigenvalue weighted by Gasteiger charge is -2.35. The maximum atomic E-state index is 14.4. The van der Waals surface area contributed by atoms with Crippen LogP contribution >= 0.6 is 8.25 Å². The predicted octanol–water partition coefficient (Wildman–Crippen LogP) is 12.8. The van der Waals surface area contributed by atoms with Crippen LogP contribution in [0.25, 0.3) is 21.5 Å². The molecule has 0 radical (unpaired) electrons. The fourth-order valence-electron chi connectivity index (χ4n) is 8.58. The van der Waals surface area contributed by atoms with Crippen LogP contribution in [0.1, 0.15) is 33.4 Å². The second kappa shape index (κ2) is 17.4. The molecule has 4 heteroatoms. The van der Waals surface area contributed by atoms with E-state index in [1.807, 2.05) is 0 Å². The molecule has 0 saturated heterocycles. The maximum Gasteiger partial charge on any atom is 0.697 e. The summed E-state index contributed by atoms with van der Waals surface area (Å²) in [6, 6.07) is 72.3. The van der Waals surface area contributed by atoms with Crippen molar-refractivity contribution < 1.29 is 13.6 Å². The molecule has 0 bridgehead atoms. The molecule has 0 unspecified atom stereocenters. The number of rotatable bonds is 16. The monoisotopic (exact) mass is 749 g/mol. The lowest BCUT2D eigenvalue weighted by molar-refractivity contribution is 0.150. The lowest BCUT2D eigenvalue weighted by atomic mass is 9.70. The Morgan fingerprint density at radius 2 is 0.625 bits per heavy atom. The van der Waals surface area contributed by atoms with Crippen molar-refractivity contribution in [2.75, 3.05) is 13.2 Å². The fraction of sp³-hybridized carbons (Fsp3) is 0.154. The van der Waals surface area contributed by atoms with Crippen molar-refractivity contribution in [3.05, 3.63) is 240 Å². The standard InChI is InChI=1S/C52H46O3P/c53-56(54-39-51(35-41-19-5-1-6-20-41,36-42-21-7-2-8-22-42)49-33-17-29-45-27-13-15-31-47(45)49)55-40-52(37-43-23-9-3-10-24-43,38-44-25-11-4-12-26-44)50-34-18-30-46-28-14-16-32-48(46)50/h1-34H,35-40H2/q+1. The van der Waals surface area contributed by atoms with Crippen molar-refractivity contribution in [1.82, 2.24) is 0 Å². The van der Waals surface area contributed by atoms with Crippen LogP contribution in [-0.2, 0) is 50.1 Å². The van der Waals surface area contributed by atoms with Crippen molar-refractivity contribution in [2.45, 2.75) is 36.5 Å². The van der Waals surface area contributed by atoms with Gasteiger partial charge in [0.25, 0.3) is 0 Å². The minimum absolute atomic E-state index is 0.207. The number of benzene rings is 8. The molecule has 0 aliphatic heterocycles. The molecule has 8 rings (SSSR count). The molecule has 0 atom stereocenters. The Kier molecular flexibility index (Phi) is 11.6. The van der Waals surface area contributed by atoms with Crippen LogP contribution in [0.2, 0.25) is 0 Å². The van der Waals surface area contributed by atoms with Crippen molar-refractivity contribution in [3.8, 4) is 0 Å². The molecule has 56 heavy (non-hydrogen) atoms. The average Bonchev–Trinajstić information content (AvgIpc) is 3.26. The van der Waals surface area contributed by atoms with E-state index in [1.54, 1.807) is 0 Å². The van der Waals surface area contributed by atoms with Crippen LogP contribution in [0.5, 0.6) is 0 Å². The Morgan fingerprint density at radius 3 is 0.964 bits per heavy atom. The van der Waals surface area contributed by atoms with Gasteiger partial charge in [-0.1, -0.05) is 206 Å². The highest BCUT2D eigenvalue weighted by Crippen LogP contribution is 2.43. The third kappa shape index (κ3) is 8.57. The van der Waals surface area contributed by atoms with Gasteiger partial charge in [0.15, 0.2) is 0 Å². The van der Waals surface area contributed by atoms with Crippen LogP contribution in [0.3, 0.4) is 0 Å². The Bertz CT molecular complexity index is 2230. The molecule has 8 aromatic carbocycles. The van der Waals surface area contributed by atoms with Gasteiger partial charge in [-0.15, -0.1) is 9.05 Å². The van der Waals surface area contributed by atoms with Gasteiger partial charge in [-0.25, -0.2) is 0 Å². The van der Waals surface area contributed by atoms with Gasteiger partial charge in [0.05, 0.1) is 0 Å². The van der Waals surface area contributed by atoms with Crippen LogP contribution in [0.15, 0.2) is 206 Å². The summed E-state index contributed by atoms with van der Waals surface area (Å²) in [5.74, 6) is 0. The predicted molar refractivity (Wildman–Crippen MR) is 231 cm³/mol. The second-order valence-electron chi connectivity index (χ2n) is 15.0. The van der Waals surface area contributed by atoms with E-state index < -0.39 is 19.1 Å². The third-order valence-electron chi connectivity index (χ3n) is 11.2. The summed E-state index contributed by atoms with van der Waals surface area (Å²) in [7, 11) is -2.52. The van der Waals surface area contributed by atoms with E-state index in [0.29, 0.717) is 25.7 Å². The summed E-state index contributed by atoms with van der Waals surface area (Å²) in [6.07, 6.45) is 2.79. The van der Waals surface area contributed by atoms with E-state index in [0.717, 1.165) is 10.8 Å². The second-order valence-corrected chi connectivity index (χ2v) is 16.0. The van der Waals surface area contributed by atoms with E-state index in [4.69, 9.17) is 9.05 Å². The van der Waals surface area contributed by atoms with Gasteiger partial charge in [-0.3, -0.25) is 0 Å². The minimum Gasteiger partial charge on any atom is -0.118 e. The van der Waals surface area contributed by atoms with Crippen molar-refractivity contribution in [1.29, 1.82) is 0 Å². The zero-order valence-corrected chi connectivity index (χ0v) is 32.4. The highest BCUT2D eigenvalue weighted by Gasteiger charge is 2.42. The first kappa shape index (κ1) is 37.2. The molecule has 0 saturated carbocycles. The van der Waals surface area contributed by atoms with Crippen LogP contribution in [0.4, 0.5) is 0 Å². The first-order valence-electron chi connectivity index (χ1n) is 19.4. The Labute approximate surface area is 331 Å². The highest BCUT2D eigenvalue weighted by molar-refractivity contribution is 7.33. The van der Waals surface area contributed by atoms with E-state index in [1.165, 1.54) is 44.2 Å². The van der Waals surface area contributed by atoms with Crippen LogP contribution < -0.4 is 0 Å². The molecule has 0 N–H and O–H groups in total. The van der Waals surface area contributed by atoms with E-state index >= 15 is 0 Å². The molecule has 276 valence electrons. The van der Waals surface area contributed by atoms with Gasteiger partial charge < -0.3 is 0 Å². The molecule has 0 fully saturated rings. The molecule has 8 aromatic rings. The normalized spacial score (nSPS) is 11.9. The van der Waals surface area contributed by atoms with Gasteiger partial charge in [-0.2, -0.15) is 0 Å². The molecule has 0 aromatic heterocycles. The smallest absolute Gasteiger partial charge is 0.118 e. The summed E-state index contributed by atoms with van der Waals surface area (Å²) in [4.78, 5) is 0.